The molecule has 2 amide bonds. The van der Waals surface area contributed by atoms with Gasteiger partial charge in [0, 0.05) is 34.4 Å². The van der Waals surface area contributed by atoms with Crippen LogP contribution >= 0.6 is 11.6 Å². The first-order valence-corrected chi connectivity index (χ1v) is 12.8. The van der Waals surface area contributed by atoms with Crippen molar-refractivity contribution < 1.29 is 14.3 Å². The molecule has 0 unspecified atom stereocenters. The van der Waals surface area contributed by atoms with Crippen molar-refractivity contribution in [3.8, 4) is 5.75 Å². The van der Waals surface area contributed by atoms with Crippen molar-refractivity contribution in [1.29, 1.82) is 0 Å². The summed E-state index contributed by atoms with van der Waals surface area (Å²) in [7, 11) is 0. The largest absolute Gasteiger partial charge is 0.485 e. The number of amides is 2. The Kier molecular flexibility index (Phi) is 7.37. The van der Waals surface area contributed by atoms with Crippen molar-refractivity contribution in [3.05, 3.63) is 94.8 Å². The second-order valence-corrected chi connectivity index (χ2v) is 9.51. The van der Waals surface area contributed by atoms with Gasteiger partial charge in [0.1, 0.15) is 5.75 Å². The number of halogens is 1. The van der Waals surface area contributed by atoms with Crippen molar-refractivity contribution in [3.63, 3.8) is 0 Å². The van der Waals surface area contributed by atoms with E-state index in [2.05, 4.69) is 20.6 Å². The predicted molar refractivity (Wildman–Crippen MR) is 144 cm³/mol. The van der Waals surface area contributed by atoms with Gasteiger partial charge in [-0.15, -0.1) is 10.2 Å². The molecule has 3 aromatic carbocycles. The van der Waals surface area contributed by atoms with E-state index in [1.54, 1.807) is 36.4 Å². The molecule has 2 atom stereocenters. The van der Waals surface area contributed by atoms with Gasteiger partial charge in [0.25, 0.3) is 5.91 Å². The molecule has 1 N–H and O–H groups in total. The van der Waals surface area contributed by atoms with Gasteiger partial charge in [-0.25, -0.2) is 0 Å². The standard InChI is InChI=1S/C28H27ClN6O3/c1-3-27(36)35(21-12-10-20(29)11-13-21)25-16-18(2)34(24-7-5-4-6-23(24)25)28(37)19-8-14-22(15-9-19)38-17-26-30-32-33-31-26/h4-15,18,25H,3,16-17H2,1-2H3,(H,30,31,32,33)/t18-,25+/m0/s1. The van der Waals surface area contributed by atoms with Crippen LogP contribution in [0.1, 0.15) is 54.5 Å². The number of para-hydroxylation sites is 1. The molecule has 0 spiro atoms. The number of ether oxygens (including phenoxy) is 1. The van der Waals surface area contributed by atoms with E-state index in [1.165, 1.54) is 0 Å². The molecule has 0 bridgehead atoms. The Labute approximate surface area is 225 Å². The maximum atomic E-state index is 13.8. The van der Waals surface area contributed by atoms with Crippen molar-refractivity contribution in [2.45, 2.75) is 45.4 Å². The number of hydrogen-bond donors (Lipinski definition) is 1. The third-order valence-electron chi connectivity index (χ3n) is 6.63. The average molecular weight is 531 g/mol. The van der Waals surface area contributed by atoms with Crippen molar-refractivity contribution in [1.82, 2.24) is 20.6 Å². The first-order valence-electron chi connectivity index (χ1n) is 12.4. The molecule has 10 heteroatoms. The molecule has 0 fully saturated rings. The smallest absolute Gasteiger partial charge is 0.258 e. The maximum Gasteiger partial charge on any atom is 0.258 e. The number of anilines is 2. The Hall–Kier alpha value is -4.24. The number of rotatable bonds is 7. The van der Waals surface area contributed by atoms with E-state index in [0.29, 0.717) is 35.0 Å². The zero-order valence-corrected chi connectivity index (χ0v) is 21.8. The number of fused-ring (bicyclic) bond motifs is 1. The lowest BCUT2D eigenvalue weighted by Crippen LogP contribution is -2.47. The summed E-state index contributed by atoms with van der Waals surface area (Å²) >= 11 is 6.12. The van der Waals surface area contributed by atoms with Gasteiger partial charge < -0.3 is 14.5 Å². The van der Waals surface area contributed by atoms with Gasteiger partial charge in [0.05, 0.1) is 6.04 Å². The molecule has 9 nitrogen and oxygen atoms in total. The number of nitrogens with zero attached hydrogens (tertiary/aromatic N) is 5. The number of tetrazole rings is 1. The Morgan fingerprint density at radius 3 is 2.50 bits per heavy atom. The highest BCUT2D eigenvalue weighted by Gasteiger charge is 2.38. The van der Waals surface area contributed by atoms with Crippen LogP contribution in [-0.4, -0.2) is 38.5 Å². The molecule has 1 aliphatic rings. The summed E-state index contributed by atoms with van der Waals surface area (Å²) in [6, 6.07) is 21.7. The molecule has 1 aromatic heterocycles. The van der Waals surface area contributed by atoms with Crippen LogP contribution < -0.4 is 14.5 Å². The molecule has 4 aromatic rings. The minimum absolute atomic E-state index is 0.00973. The summed E-state index contributed by atoms with van der Waals surface area (Å²) in [6.07, 6.45) is 0.947. The third kappa shape index (κ3) is 5.10. The summed E-state index contributed by atoms with van der Waals surface area (Å²) in [5.74, 6) is 0.923. The van der Waals surface area contributed by atoms with Gasteiger partial charge in [-0.2, -0.15) is 5.21 Å². The van der Waals surface area contributed by atoms with Crippen LogP contribution in [0.25, 0.3) is 0 Å². The van der Waals surface area contributed by atoms with Crippen molar-refractivity contribution in [2.24, 2.45) is 0 Å². The summed E-state index contributed by atoms with van der Waals surface area (Å²) in [5, 5.41) is 14.2. The van der Waals surface area contributed by atoms with Crippen LogP contribution in [0.4, 0.5) is 11.4 Å². The van der Waals surface area contributed by atoms with E-state index >= 15 is 0 Å². The molecule has 194 valence electrons. The molecule has 0 saturated heterocycles. The topological polar surface area (TPSA) is 104 Å². The fourth-order valence-electron chi connectivity index (χ4n) is 4.83. The Balaban J connectivity index is 1.43. The van der Waals surface area contributed by atoms with Gasteiger partial charge in [-0.1, -0.05) is 41.9 Å². The van der Waals surface area contributed by atoms with Crippen LogP contribution in [0, 0.1) is 0 Å². The number of aromatic amines is 1. The zero-order chi connectivity index (χ0) is 26.6. The summed E-state index contributed by atoms with van der Waals surface area (Å²) in [5.41, 5.74) is 3.04. The minimum atomic E-state index is -0.222. The normalized spacial score (nSPS) is 16.6. The summed E-state index contributed by atoms with van der Waals surface area (Å²) in [4.78, 5) is 30.6. The highest BCUT2D eigenvalue weighted by molar-refractivity contribution is 6.30. The molecule has 0 aliphatic carbocycles. The summed E-state index contributed by atoms with van der Waals surface area (Å²) < 4.78 is 5.68. The predicted octanol–water partition coefficient (Wildman–Crippen LogP) is 5.36. The van der Waals surface area contributed by atoms with E-state index < -0.39 is 0 Å². The Morgan fingerprint density at radius 1 is 1.08 bits per heavy atom. The molecule has 38 heavy (non-hydrogen) atoms. The lowest BCUT2D eigenvalue weighted by atomic mass is 9.89. The highest BCUT2D eigenvalue weighted by atomic mass is 35.5. The van der Waals surface area contributed by atoms with E-state index in [1.807, 2.05) is 60.0 Å². The van der Waals surface area contributed by atoms with Crippen LogP contribution in [0.3, 0.4) is 0 Å². The van der Waals surface area contributed by atoms with Gasteiger partial charge in [-0.05, 0) is 73.5 Å². The molecule has 0 saturated carbocycles. The third-order valence-corrected chi connectivity index (χ3v) is 6.88. The van der Waals surface area contributed by atoms with E-state index in [9.17, 15) is 9.59 Å². The fourth-order valence-corrected chi connectivity index (χ4v) is 4.96. The van der Waals surface area contributed by atoms with Gasteiger partial charge >= 0.3 is 0 Å². The monoisotopic (exact) mass is 530 g/mol. The number of hydrogen-bond acceptors (Lipinski definition) is 6. The van der Waals surface area contributed by atoms with Gasteiger partial charge in [0.15, 0.2) is 6.61 Å². The number of benzene rings is 3. The molecular weight excluding hydrogens is 504 g/mol. The van der Waals surface area contributed by atoms with Crippen molar-refractivity contribution in [2.75, 3.05) is 9.80 Å². The Bertz CT molecular complexity index is 1410. The highest BCUT2D eigenvalue weighted by Crippen LogP contribution is 2.43. The SMILES string of the molecule is CCC(=O)N(c1ccc(Cl)cc1)[C@@H]1C[C@H](C)N(C(=O)c2ccc(OCc3nn[nH]n3)cc2)c2ccccc21. The molecular formula is C28H27ClN6O3. The van der Waals surface area contributed by atoms with Crippen LogP contribution in [0.5, 0.6) is 5.75 Å². The van der Waals surface area contributed by atoms with Crippen LogP contribution in [0.2, 0.25) is 5.02 Å². The van der Waals surface area contributed by atoms with E-state index in [4.69, 9.17) is 16.3 Å². The lowest BCUT2D eigenvalue weighted by Gasteiger charge is -2.43. The zero-order valence-electron chi connectivity index (χ0n) is 21.0. The van der Waals surface area contributed by atoms with Crippen LogP contribution in [-0.2, 0) is 11.4 Å². The number of nitrogens with one attached hydrogen (secondary N) is 1. The number of carbonyl (C=O) groups is 2. The molecule has 0 radical (unpaired) electrons. The molecule has 2 heterocycles. The minimum Gasteiger partial charge on any atom is -0.485 e. The van der Waals surface area contributed by atoms with Crippen LogP contribution in [0.15, 0.2) is 72.8 Å². The maximum absolute atomic E-state index is 13.8. The summed E-state index contributed by atoms with van der Waals surface area (Å²) in [6.45, 7) is 4.04. The Morgan fingerprint density at radius 2 is 1.82 bits per heavy atom. The van der Waals surface area contributed by atoms with E-state index in [-0.39, 0.29) is 30.5 Å². The lowest BCUT2D eigenvalue weighted by molar-refractivity contribution is -0.118. The van der Waals surface area contributed by atoms with Gasteiger partial charge in [-0.3, -0.25) is 9.59 Å². The quantitative estimate of drug-likeness (QED) is 0.345. The number of aromatic nitrogens is 4. The molecule has 1 aliphatic heterocycles. The van der Waals surface area contributed by atoms with Crippen molar-refractivity contribution >= 4 is 34.8 Å². The first kappa shape index (κ1) is 25.4. The number of H-pyrrole nitrogens is 1. The second-order valence-electron chi connectivity index (χ2n) is 9.07. The molecule has 5 rings (SSSR count). The average Bonchev–Trinajstić information content (AvgIpc) is 3.47. The first-order chi connectivity index (χ1) is 18.5. The fraction of sp³-hybridized carbons (Fsp3) is 0.250. The van der Waals surface area contributed by atoms with E-state index in [0.717, 1.165) is 16.9 Å². The second kappa shape index (κ2) is 11.0. The number of carbonyl (C=O) groups excluding carboxylic acids is 2. The van der Waals surface area contributed by atoms with Gasteiger partial charge in [0.2, 0.25) is 11.7 Å².